The van der Waals surface area contributed by atoms with E-state index in [0.717, 1.165) is 34.9 Å². The number of nitrogens with zero attached hydrogens (tertiary/aromatic N) is 3. The molecule has 1 aliphatic carbocycles. The van der Waals surface area contributed by atoms with Crippen molar-refractivity contribution in [1.82, 2.24) is 9.88 Å². The molecular formula is C23H18N4O. The van der Waals surface area contributed by atoms with Crippen LogP contribution < -0.4 is 5.32 Å². The van der Waals surface area contributed by atoms with Crippen LogP contribution in [0.25, 0.3) is 17.0 Å². The van der Waals surface area contributed by atoms with Crippen molar-refractivity contribution in [3.63, 3.8) is 0 Å². The van der Waals surface area contributed by atoms with Crippen LogP contribution in [0.5, 0.6) is 0 Å². The number of nitrogens with one attached hydrogen (secondary N) is 1. The molecule has 1 amide bonds. The molecule has 0 aliphatic heterocycles. The summed E-state index contributed by atoms with van der Waals surface area (Å²) >= 11 is 0. The fraction of sp³-hybridized carbons (Fsp3) is 0.174. The second-order valence-electron chi connectivity index (χ2n) is 6.92. The van der Waals surface area contributed by atoms with Gasteiger partial charge in [0.25, 0.3) is 5.91 Å². The van der Waals surface area contributed by atoms with E-state index < -0.39 is 0 Å². The molecule has 1 saturated carbocycles. The maximum absolute atomic E-state index is 12.3. The van der Waals surface area contributed by atoms with Gasteiger partial charge in [-0.2, -0.15) is 10.5 Å². The summed E-state index contributed by atoms with van der Waals surface area (Å²) in [5.41, 5.74) is 3.47. The van der Waals surface area contributed by atoms with Crippen molar-refractivity contribution in [1.29, 1.82) is 10.5 Å². The Bertz CT molecular complexity index is 1170. The van der Waals surface area contributed by atoms with Gasteiger partial charge in [-0.25, -0.2) is 0 Å². The molecule has 1 fully saturated rings. The molecule has 0 saturated heterocycles. The van der Waals surface area contributed by atoms with Gasteiger partial charge >= 0.3 is 0 Å². The molecule has 5 nitrogen and oxygen atoms in total. The molecule has 0 spiro atoms. The van der Waals surface area contributed by atoms with Crippen molar-refractivity contribution in [2.45, 2.75) is 25.4 Å². The number of amides is 1. The summed E-state index contributed by atoms with van der Waals surface area (Å²) in [5.74, 6) is -0.323. The summed E-state index contributed by atoms with van der Waals surface area (Å²) in [6.07, 6.45) is 5.53. The van der Waals surface area contributed by atoms with Crippen molar-refractivity contribution in [3.8, 4) is 12.1 Å². The second-order valence-corrected chi connectivity index (χ2v) is 6.92. The van der Waals surface area contributed by atoms with E-state index in [4.69, 9.17) is 0 Å². The largest absolute Gasteiger partial charge is 0.349 e. The van der Waals surface area contributed by atoms with E-state index in [1.165, 1.54) is 0 Å². The molecule has 1 aromatic heterocycles. The summed E-state index contributed by atoms with van der Waals surface area (Å²) in [6.45, 7) is 0.536. The number of hydrogen-bond donors (Lipinski definition) is 1. The van der Waals surface area contributed by atoms with Crippen LogP contribution in [0.3, 0.4) is 0 Å². The molecule has 136 valence electrons. The van der Waals surface area contributed by atoms with Crippen molar-refractivity contribution < 1.29 is 4.79 Å². The monoisotopic (exact) mass is 366 g/mol. The molecule has 0 bridgehead atoms. The molecular weight excluding hydrogens is 348 g/mol. The Morgan fingerprint density at radius 3 is 2.64 bits per heavy atom. The highest BCUT2D eigenvalue weighted by molar-refractivity contribution is 6.04. The smallest absolute Gasteiger partial charge is 0.262 e. The van der Waals surface area contributed by atoms with Crippen LogP contribution >= 0.6 is 0 Å². The van der Waals surface area contributed by atoms with E-state index >= 15 is 0 Å². The first-order chi connectivity index (χ1) is 13.7. The Morgan fingerprint density at radius 2 is 1.89 bits per heavy atom. The highest BCUT2D eigenvalue weighted by Crippen LogP contribution is 2.26. The number of fused-ring (bicyclic) bond motifs is 1. The number of benzene rings is 2. The van der Waals surface area contributed by atoms with Crippen LogP contribution in [0.4, 0.5) is 0 Å². The summed E-state index contributed by atoms with van der Waals surface area (Å²) in [4.78, 5) is 12.3. The third kappa shape index (κ3) is 3.51. The quantitative estimate of drug-likeness (QED) is 0.551. The lowest BCUT2D eigenvalue weighted by Crippen LogP contribution is -2.26. The van der Waals surface area contributed by atoms with Crippen molar-refractivity contribution in [3.05, 3.63) is 77.0 Å². The Hall–Kier alpha value is -3.83. The van der Waals surface area contributed by atoms with Gasteiger partial charge in [-0.05, 0) is 36.6 Å². The zero-order valence-electron chi connectivity index (χ0n) is 15.2. The first-order valence-electron chi connectivity index (χ1n) is 9.18. The van der Waals surface area contributed by atoms with Crippen molar-refractivity contribution in [2.24, 2.45) is 0 Å². The van der Waals surface area contributed by atoms with Crippen molar-refractivity contribution in [2.75, 3.05) is 0 Å². The number of para-hydroxylation sites is 1. The Morgan fingerprint density at radius 1 is 1.14 bits per heavy atom. The highest BCUT2D eigenvalue weighted by atomic mass is 16.1. The number of rotatable bonds is 5. The summed E-state index contributed by atoms with van der Waals surface area (Å²) < 4.78 is 2.05. The normalized spacial score (nSPS) is 13.7. The van der Waals surface area contributed by atoms with E-state index in [2.05, 4.69) is 11.4 Å². The van der Waals surface area contributed by atoms with Crippen LogP contribution in [-0.4, -0.2) is 16.5 Å². The van der Waals surface area contributed by atoms with Gasteiger partial charge in [0, 0.05) is 35.2 Å². The predicted octanol–water partition coefficient (Wildman–Crippen LogP) is 3.75. The number of carbonyl (C=O) groups is 1. The van der Waals surface area contributed by atoms with Crippen LogP contribution in [-0.2, 0) is 11.3 Å². The topological polar surface area (TPSA) is 81.6 Å². The molecule has 1 N–H and O–H groups in total. The third-order valence-corrected chi connectivity index (χ3v) is 4.88. The summed E-state index contributed by atoms with van der Waals surface area (Å²) in [7, 11) is 0. The van der Waals surface area contributed by atoms with Crippen LogP contribution in [0.2, 0.25) is 0 Å². The zero-order chi connectivity index (χ0) is 19.5. The summed E-state index contributed by atoms with van der Waals surface area (Å²) in [5, 5.41) is 22.6. The second kappa shape index (κ2) is 7.42. The van der Waals surface area contributed by atoms with Gasteiger partial charge in [-0.3, -0.25) is 4.79 Å². The van der Waals surface area contributed by atoms with E-state index in [-0.39, 0.29) is 17.5 Å². The lowest BCUT2D eigenvalue weighted by molar-refractivity contribution is -0.117. The van der Waals surface area contributed by atoms with E-state index in [1.807, 2.05) is 59.3 Å². The highest BCUT2D eigenvalue weighted by Gasteiger charge is 2.25. The van der Waals surface area contributed by atoms with Gasteiger partial charge in [0.05, 0.1) is 11.6 Å². The molecule has 2 aromatic carbocycles. The minimum atomic E-state index is -0.323. The minimum absolute atomic E-state index is 0.104. The molecule has 0 atom stereocenters. The third-order valence-electron chi connectivity index (χ3n) is 4.88. The molecule has 28 heavy (non-hydrogen) atoms. The Kier molecular flexibility index (Phi) is 4.66. The molecule has 5 heteroatoms. The van der Waals surface area contributed by atoms with Crippen LogP contribution in [0.15, 0.2) is 60.3 Å². The number of nitriles is 2. The van der Waals surface area contributed by atoms with Gasteiger partial charge in [-0.1, -0.05) is 36.4 Å². The zero-order valence-corrected chi connectivity index (χ0v) is 15.2. The number of aromatic nitrogens is 1. The molecule has 1 heterocycles. The molecule has 4 rings (SSSR count). The predicted molar refractivity (Wildman–Crippen MR) is 107 cm³/mol. The molecule has 0 unspecified atom stereocenters. The van der Waals surface area contributed by atoms with Crippen LogP contribution in [0, 0.1) is 22.7 Å². The minimum Gasteiger partial charge on any atom is -0.349 e. The van der Waals surface area contributed by atoms with Gasteiger partial charge in [0.2, 0.25) is 0 Å². The Labute approximate surface area is 163 Å². The van der Waals surface area contributed by atoms with Gasteiger partial charge in [0.15, 0.2) is 0 Å². The van der Waals surface area contributed by atoms with E-state index in [9.17, 15) is 15.3 Å². The fourth-order valence-corrected chi connectivity index (χ4v) is 3.27. The number of carbonyl (C=O) groups excluding carboxylic acids is 1. The van der Waals surface area contributed by atoms with Gasteiger partial charge in [-0.15, -0.1) is 0 Å². The van der Waals surface area contributed by atoms with Gasteiger partial charge in [0.1, 0.15) is 11.6 Å². The Balaban J connectivity index is 1.74. The van der Waals surface area contributed by atoms with Crippen LogP contribution in [0.1, 0.15) is 29.5 Å². The van der Waals surface area contributed by atoms with E-state index in [0.29, 0.717) is 12.1 Å². The standard InChI is InChI=1S/C23H18N4O/c24-12-16-5-1-2-6-17(16)14-27-15-19(21-7-3-4-8-22(21)27)11-18(13-25)23(28)26-20-9-10-20/h1-8,11,15,20H,9-10,14H2,(H,26,28)/b18-11+. The maximum Gasteiger partial charge on any atom is 0.262 e. The van der Waals surface area contributed by atoms with Crippen molar-refractivity contribution >= 4 is 22.9 Å². The maximum atomic E-state index is 12.3. The SMILES string of the molecule is N#C/C(=C\c1cn(Cc2ccccc2C#N)c2ccccc12)C(=O)NC1CC1. The number of hydrogen-bond acceptors (Lipinski definition) is 3. The average Bonchev–Trinajstić information content (AvgIpc) is 3.48. The average molecular weight is 366 g/mol. The first kappa shape index (κ1) is 17.6. The molecule has 1 aliphatic rings. The lowest BCUT2D eigenvalue weighted by atomic mass is 10.1. The lowest BCUT2D eigenvalue weighted by Gasteiger charge is -2.07. The molecule has 0 radical (unpaired) electrons. The van der Waals surface area contributed by atoms with Gasteiger partial charge < -0.3 is 9.88 Å². The fourth-order valence-electron chi connectivity index (χ4n) is 3.27. The first-order valence-corrected chi connectivity index (χ1v) is 9.18. The molecule has 3 aromatic rings. The van der Waals surface area contributed by atoms with E-state index in [1.54, 1.807) is 12.1 Å². The summed E-state index contributed by atoms with van der Waals surface area (Å²) in [6, 6.07) is 19.8.